The molecule has 5 rings (SSSR count). The first-order valence-electron chi connectivity index (χ1n) is 13.7. The number of carbonyl (C=O) groups is 2. The molecule has 0 fully saturated rings. The molecule has 2 bridgehead atoms. The van der Waals surface area contributed by atoms with E-state index >= 15 is 0 Å². The average molecular weight is 600 g/mol. The highest BCUT2D eigenvalue weighted by molar-refractivity contribution is 6.31. The van der Waals surface area contributed by atoms with Crippen LogP contribution in [0.4, 0.5) is 11.4 Å². The Morgan fingerprint density at radius 3 is 2.74 bits per heavy atom. The Kier molecular flexibility index (Phi) is 8.53. The van der Waals surface area contributed by atoms with Crippen molar-refractivity contribution < 1.29 is 14.7 Å². The lowest BCUT2D eigenvalue weighted by molar-refractivity contribution is -0.132. The molecule has 2 atom stereocenters. The summed E-state index contributed by atoms with van der Waals surface area (Å²) in [6.07, 6.45) is 7.17. The molecule has 1 amide bonds. The zero-order valence-corrected chi connectivity index (χ0v) is 24.3. The highest BCUT2D eigenvalue weighted by Crippen LogP contribution is 2.34. The molecule has 11 nitrogen and oxygen atoms in total. The number of carboxylic acids is 1. The lowest BCUT2D eigenvalue weighted by Crippen LogP contribution is -2.26. The molecule has 3 heterocycles. The summed E-state index contributed by atoms with van der Waals surface area (Å²) in [5.41, 5.74) is 9.25. The van der Waals surface area contributed by atoms with Crippen molar-refractivity contribution in [3.05, 3.63) is 93.8 Å². The fraction of sp³-hybridized carbons (Fsp3) is 0.226. The van der Waals surface area contributed by atoms with Crippen molar-refractivity contribution in [2.24, 2.45) is 23.7 Å². The monoisotopic (exact) mass is 599 g/mol. The Balaban J connectivity index is 1.57. The topological polar surface area (TPSA) is 157 Å². The number of fused-ring (bicyclic) bond motifs is 4. The number of rotatable bonds is 5. The van der Waals surface area contributed by atoms with Gasteiger partial charge in [-0.05, 0) is 42.7 Å². The van der Waals surface area contributed by atoms with Crippen LogP contribution in [0.1, 0.15) is 37.8 Å². The molecule has 0 saturated carbocycles. The molecular weight excluding hydrogens is 570 g/mol. The smallest absolute Gasteiger partial charge is 0.338 e. The van der Waals surface area contributed by atoms with Gasteiger partial charge in [-0.1, -0.05) is 43.1 Å². The van der Waals surface area contributed by atoms with E-state index in [1.807, 2.05) is 38.2 Å². The minimum atomic E-state index is -1.22. The van der Waals surface area contributed by atoms with Crippen LogP contribution in [-0.2, 0) is 16.6 Å². The Hall–Kier alpha value is -5.03. The van der Waals surface area contributed by atoms with E-state index < -0.39 is 5.97 Å². The second-order valence-corrected chi connectivity index (χ2v) is 10.8. The second kappa shape index (κ2) is 12.5. The van der Waals surface area contributed by atoms with E-state index in [2.05, 4.69) is 20.4 Å². The van der Waals surface area contributed by atoms with Gasteiger partial charge in [0.25, 0.3) is 5.56 Å². The number of amides is 1. The number of halogens is 1. The van der Waals surface area contributed by atoms with Crippen molar-refractivity contribution in [2.75, 3.05) is 5.32 Å². The van der Waals surface area contributed by atoms with Gasteiger partial charge >= 0.3 is 5.97 Å². The van der Waals surface area contributed by atoms with Gasteiger partial charge < -0.3 is 16.2 Å². The first-order chi connectivity index (χ1) is 20.7. The first-order valence-corrected chi connectivity index (χ1v) is 14.0. The lowest BCUT2D eigenvalue weighted by atomic mass is 9.94. The molecule has 2 aromatic heterocycles. The Labute approximate surface area is 252 Å². The number of nitrogens with two attached hydrogens (primary N) is 1. The molecule has 43 heavy (non-hydrogen) atoms. The Bertz CT molecular complexity index is 1820. The van der Waals surface area contributed by atoms with Crippen LogP contribution in [0.25, 0.3) is 22.5 Å². The van der Waals surface area contributed by atoms with Crippen LogP contribution in [-0.4, -0.2) is 42.5 Å². The number of carbonyl (C=O) groups excluding carboxylic acids is 1. The fourth-order valence-electron chi connectivity index (χ4n) is 5.16. The zero-order chi connectivity index (χ0) is 30.7. The minimum absolute atomic E-state index is 0.0804. The van der Waals surface area contributed by atoms with Crippen molar-refractivity contribution in [2.45, 2.75) is 32.2 Å². The number of aliphatic carboxylic acids is 1. The number of aliphatic imine (C=N–C) groups is 1. The molecule has 1 aliphatic rings. The van der Waals surface area contributed by atoms with Crippen LogP contribution in [0.15, 0.2) is 82.6 Å². The number of hydrogen-bond donors (Lipinski definition) is 3. The van der Waals surface area contributed by atoms with E-state index in [4.69, 9.17) is 17.3 Å². The Morgan fingerprint density at radius 2 is 2.00 bits per heavy atom. The minimum Gasteiger partial charge on any atom is -0.478 e. The molecule has 0 aliphatic carbocycles. The molecule has 0 saturated heterocycles. The third kappa shape index (κ3) is 6.26. The summed E-state index contributed by atoms with van der Waals surface area (Å²) in [6.45, 7) is 1.89. The third-order valence-electron chi connectivity index (χ3n) is 7.48. The maximum atomic E-state index is 13.7. The van der Waals surface area contributed by atoms with E-state index in [-0.39, 0.29) is 29.0 Å². The van der Waals surface area contributed by atoms with Crippen LogP contribution in [0, 0.1) is 5.92 Å². The van der Waals surface area contributed by atoms with Crippen LogP contribution in [0.3, 0.4) is 0 Å². The van der Waals surface area contributed by atoms with Crippen LogP contribution in [0.2, 0.25) is 5.02 Å². The van der Waals surface area contributed by atoms with E-state index in [1.165, 1.54) is 12.4 Å². The second-order valence-electron chi connectivity index (χ2n) is 10.4. The van der Waals surface area contributed by atoms with E-state index in [0.717, 1.165) is 29.2 Å². The first kappa shape index (κ1) is 29.5. The summed E-state index contributed by atoms with van der Waals surface area (Å²) >= 11 is 6.26. The summed E-state index contributed by atoms with van der Waals surface area (Å²) in [7, 11) is 1.82. The highest BCUT2D eigenvalue weighted by Gasteiger charge is 2.23. The maximum absolute atomic E-state index is 13.7. The van der Waals surface area contributed by atoms with Gasteiger partial charge in [0, 0.05) is 47.6 Å². The van der Waals surface area contributed by atoms with E-state index in [0.29, 0.717) is 46.9 Å². The zero-order valence-electron chi connectivity index (χ0n) is 23.6. The number of aryl methyl sites for hydroxylation is 1. The van der Waals surface area contributed by atoms with Crippen molar-refractivity contribution in [3.63, 3.8) is 0 Å². The van der Waals surface area contributed by atoms with Gasteiger partial charge in [-0.15, -0.1) is 0 Å². The number of nitrogens with one attached hydrogen (secondary N) is 1. The predicted octanol–water partition coefficient (Wildman–Crippen LogP) is 4.94. The Morgan fingerprint density at radius 1 is 1.19 bits per heavy atom. The number of hydrogen-bond acceptors (Lipinski definition) is 7. The fourth-order valence-corrected chi connectivity index (χ4v) is 5.33. The van der Waals surface area contributed by atoms with Crippen LogP contribution >= 0.6 is 11.6 Å². The lowest BCUT2D eigenvalue weighted by Gasteiger charge is -2.23. The van der Waals surface area contributed by atoms with Gasteiger partial charge in [0.2, 0.25) is 5.91 Å². The molecule has 12 heteroatoms. The number of anilines is 1. The van der Waals surface area contributed by atoms with E-state index in [9.17, 15) is 19.5 Å². The summed E-state index contributed by atoms with van der Waals surface area (Å²) in [5, 5.41) is 17.0. The molecule has 2 unspecified atom stereocenters. The number of aromatic nitrogens is 4. The third-order valence-corrected chi connectivity index (χ3v) is 7.71. The standard InChI is InChI=1S/C31H30ClN7O4/c1-18-5-3-8-27(19-6-4-7-20(11-19)29-26(37-30(18)41)16-36-38(29)2)39-17-35-25(13-28(39)40)23-12-22(32)9-10-24(23)34-15-21(14-33)31(42)43/h4,6-7,9-18,27H,3,5,8,33H2,1-2H3,(H,37,41)(H,42,43). The average Bonchev–Trinajstić information content (AvgIpc) is 3.35. The summed E-state index contributed by atoms with van der Waals surface area (Å²) in [4.78, 5) is 46.8. The number of carboxylic acid groups (broad SMARTS) is 1. The van der Waals surface area contributed by atoms with Crippen molar-refractivity contribution in [3.8, 4) is 22.5 Å². The van der Waals surface area contributed by atoms with Gasteiger partial charge in [-0.25, -0.2) is 9.78 Å². The van der Waals surface area contributed by atoms with Gasteiger partial charge in [0.1, 0.15) is 0 Å². The predicted molar refractivity (Wildman–Crippen MR) is 165 cm³/mol. The van der Waals surface area contributed by atoms with Crippen molar-refractivity contribution in [1.29, 1.82) is 0 Å². The molecule has 0 radical (unpaired) electrons. The van der Waals surface area contributed by atoms with Crippen LogP contribution in [0.5, 0.6) is 0 Å². The molecule has 2 aromatic carbocycles. The normalized spacial score (nSPS) is 17.6. The van der Waals surface area contributed by atoms with Gasteiger partial charge in [0.05, 0.1) is 46.9 Å². The highest BCUT2D eigenvalue weighted by atomic mass is 35.5. The molecule has 1 aliphatic heterocycles. The molecule has 4 aromatic rings. The maximum Gasteiger partial charge on any atom is 0.338 e. The van der Waals surface area contributed by atoms with E-state index in [1.54, 1.807) is 33.6 Å². The molecular formula is C31H30ClN7O4. The summed E-state index contributed by atoms with van der Waals surface area (Å²) < 4.78 is 3.31. The summed E-state index contributed by atoms with van der Waals surface area (Å²) in [5.74, 6) is -1.54. The summed E-state index contributed by atoms with van der Waals surface area (Å²) in [6, 6.07) is 13.8. The molecule has 220 valence electrons. The van der Waals surface area contributed by atoms with Crippen molar-refractivity contribution in [1.82, 2.24) is 19.3 Å². The molecule has 0 spiro atoms. The quantitative estimate of drug-likeness (QED) is 0.216. The van der Waals surface area contributed by atoms with Crippen LogP contribution < -0.4 is 16.6 Å². The van der Waals surface area contributed by atoms with Gasteiger partial charge in [-0.2, -0.15) is 5.10 Å². The van der Waals surface area contributed by atoms with Crippen molar-refractivity contribution >= 4 is 41.1 Å². The van der Waals surface area contributed by atoms with Gasteiger partial charge in [0.15, 0.2) is 0 Å². The van der Waals surface area contributed by atoms with Gasteiger partial charge in [-0.3, -0.25) is 23.8 Å². The largest absolute Gasteiger partial charge is 0.478 e. The number of nitrogens with zero attached hydrogens (tertiary/aromatic N) is 5. The molecule has 4 N–H and O–H groups in total. The number of benzene rings is 2. The SMILES string of the molecule is CC1CCCC(n2cnc(-c3cc(Cl)ccc3N=CC(=CN)C(=O)O)cc2=O)c2cccc(c2)-c2c(cnn2C)NC1=O.